The van der Waals surface area contributed by atoms with Gasteiger partial charge in [0.2, 0.25) is 0 Å². The first kappa shape index (κ1) is 12.5. The van der Waals surface area contributed by atoms with Gasteiger partial charge in [-0.3, -0.25) is 9.19 Å². The van der Waals surface area contributed by atoms with Crippen LogP contribution < -0.4 is 4.67 Å². The summed E-state index contributed by atoms with van der Waals surface area (Å²) in [6.07, 6.45) is 0. The molecule has 1 atom stereocenters. The lowest BCUT2D eigenvalue weighted by atomic mass is 10.3. The van der Waals surface area contributed by atoms with Gasteiger partial charge in [-0.15, -0.1) is 0 Å². The number of hydrogen-bond donors (Lipinski definition) is 0. The van der Waals surface area contributed by atoms with Gasteiger partial charge in [0.05, 0.1) is 13.2 Å². The molecule has 0 spiro atoms. The van der Waals surface area contributed by atoms with Crippen molar-refractivity contribution in [1.29, 1.82) is 0 Å². The third-order valence-electron chi connectivity index (χ3n) is 2.30. The van der Waals surface area contributed by atoms with Gasteiger partial charge < -0.3 is 4.52 Å². The average molecular weight is 274 g/mol. The summed E-state index contributed by atoms with van der Waals surface area (Å²) in [5.41, 5.74) is 2.08. The predicted octanol–water partition coefficient (Wildman–Crippen LogP) is 3.75. The number of para-hydroxylation sites is 1. The Morgan fingerprint density at radius 2 is 2.24 bits per heavy atom. The molecule has 0 aliphatic carbocycles. The summed E-state index contributed by atoms with van der Waals surface area (Å²) in [6, 6.07) is 9.34. The summed E-state index contributed by atoms with van der Waals surface area (Å²) in [7, 11) is -3.29. The second-order valence-electron chi connectivity index (χ2n) is 3.45. The molecule has 0 N–H and O–H groups in total. The monoisotopic (exact) mass is 273 g/mol. The molecular formula is C11H13ClNO3P. The molecule has 1 heterocycles. The van der Waals surface area contributed by atoms with Crippen molar-refractivity contribution in [2.45, 2.75) is 6.92 Å². The quantitative estimate of drug-likeness (QED) is 0.786. The largest absolute Gasteiger partial charge is 0.489 e. The van der Waals surface area contributed by atoms with Crippen molar-refractivity contribution in [2.75, 3.05) is 17.8 Å². The number of anilines is 1. The maximum Gasteiger partial charge on any atom is 0.489 e. The van der Waals surface area contributed by atoms with Gasteiger partial charge in [0.15, 0.2) is 0 Å². The van der Waals surface area contributed by atoms with Crippen molar-refractivity contribution in [3.8, 4) is 0 Å². The Kier molecular flexibility index (Phi) is 3.77. The molecule has 92 valence electrons. The van der Waals surface area contributed by atoms with E-state index in [2.05, 4.69) is 0 Å². The lowest BCUT2D eigenvalue weighted by molar-refractivity contribution is 0.264. The lowest BCUT2D eigenvalue weighted by Crippen LogP contribution is -2.15. The molecule has 0 aromatic heterocycles. The van der Waals surface area contributed by atoms with E-state index in [9.17, 15) is 4.57 Å². The van der Waals surface area contributed by atoms with Crippen LogP contribution in [0.4, 0.5) is 5.69 Å². The van der Waals surface area contributed by atoms with E-state index in [1.54, 1.807) is 11.6 Å². The highest BCUT2D eigenvalue weighted by molar-refractivity contribution is 7.56. The van der Waals surface area contributed by atoms with Crippen LogP contribution in [0.25, 0.3) is 0 Å². The molecule has 1 aromatic carbocycles. The normalized spacial score (nSPS) is 26.2. The Morgan fingerprint density at radius 1 is 1.53 bits per heavy atom. The molecule has 0 amide bonds. The van der Waals surface area contributed by atoms with Crippen molar-refractivity contribution in [3.63, 3.8) is 0 Å². The Labute approximate surface area is 105 Å². The summed E-state index contributed by atoms with van der Waals surface area (Å²) in [5, 5.41) is 0. The molecule has 6 heteroatoms. The maximum absolute atomic E-state index is 12.5. The molecule has 1 saturated heterocycles. The highest BCUT2D eigenvalue weighted by atomic mass is 35.5. The molecule has 17 heavy (non-hydrogen) atoms. The van der Waals surface area contributed by atoms with Crippen molar-refractivity contribution in [3.05, 3.63) is 41.6 Å². The van der Waals surface area contributed by atoms with Gasteiger partial charge >= 0.3 is 7.75 Å². The first-order valence-electron chi connectivity index (χ1n) is 5.26. The van der Waals surface area contributed by atoms with Crippen molar-refractivity contribution >= 4 is 25.0 Å². The van der Waals surface area contributed by atoms with Crippen molar-refractivity contribution < 1.29 is 13.6 Å². The third-order valence-corrected chi connectivity index (χ3v) is 4.56. The van der Waals surface area contributed by atoms with E-state index in [0.717, 1.165) is 5.69 Å². The van der Waals surface area contributed by atoms with Crippen molar-refractivity contribution in [1.82, 2.24) is 0 Å². The van der Waals surface area contributed by atoms with Gasteiger partial charge in [-0.25, -0.2) is 4.57 Å². The molecule has 0 unspecified atom stereocenters. The molecule has 2 rings (SSSR count). The maximum atomic E-state index is 12.5. The van der Waals surface area contributed by atoms with E-state index in [0.29, 0.717) is 18.9 Å². The Bertz CT molecular complexity index is 463. The number of rotatable bonds is 3. The van der Waals surface area contributed by atoms with Crippen LogP contribution in [-0.4, -0.2) is 13.2 Å². The molecule has 4 nitrogen and oxygen atoms in total. The topological polar surface area (TPSA) is 38.8 Å². The standard InChI is InChI=1S/C11H13ClNO3P/c1-2-15-17(14)13(9-11(8-12)16-17)10-6-4-3-5-7-10/h3-8H,2,9H2,1H3/b11-8-/t17-/m0/s1. The van der Waals surface area contributed by atoms with Gasteiger partial charge in [0.1, 0.15) is 5.76 Å². The van der Waals surface area contributed by atoms with Crippen LogP contribution in [0.1, 0.15) is 6.92 Å². The van der Waals surface area contributed by atoms with Crippen LogP contribution in [0.15, 0.2) is 41.6 Å². The van der Waals surface area contributed by atoms with E-state index in [1.165, 1.54) is 5.54 Å². The zero-order valence-corrected chi connectivity index (χ0v) is 11.0. The fraction of sp³-hybridized carbons (Fsp3) is 0.273. The van der Waals surface area contributed by atoms with Crippen molar-refractivity contribution in [2.24, 2.45) is 0 Å². The van der Waals surface area contributed by atoms with Crippen LogP contribution in [0.3, 0.4) is 0 Å². The zero-order valence-electron chi connectivity index (χ0n) is 9.38. The SMILES string of the molecule is CCO[P@]1(=O)O/C(=C\Cl)CN1c1ccccc1. The first-order valence-corrected chi connectivity index (χ1v) is 7.19. The lowest BCUT2D eigenvalue weighted by Gasteiger charge is -2.21. The van der Waals surface area contributed by atoms with E-state index in [4.69, 9.17) is 20.6 Å². The zero-order chi connectivity index (χ0) is 12.3. The Hall–Kier alpha value is -0.960. The number of benzene rings is 1. The molecule has 1 aromatic rings. The van der Waals surface area contributed by atoms with E-state index < -0.39 is 7.75 Å². The smallest absolute Gasteiger partial charge is 0.411 e. The molecule has 1 fully saturated rings. The van der Waals surface area contributed by atoms with E-state index in [1.807, 2.05) is 30.3 Å². The van der Waals surface area contributed by atoms with Crippen LogP contribution in [0.5, 0.6) is 0 Å². The number of halogens is 1. The van der Waals surface area contributed by atoms with Crippen LogP contribution >= 0.6 is 19.3 Å². The minimum absolute atomic E-state index is 0.316. The van der Waals surface area contributed by atoms with E-state index >= 15 is 0 Å². The number of nitrogens with zero attached hydrogens (tertiary/aromatic N) is 1. The highest BCUT2D eigenvalue weighted by Gasteiger charge is 2.42. The summed E-state index contributed by atoms with van der Waals surface area (Å²) < 4.78 is 24.6. The van der Waals surface area contributed by atoms with Gasteiger partial charge in [-0.2, -0.15) is 0 Å². The second-order valence-corrected chi connectivity index (χ2v) is 5.53. The van der Waals surface area contributed by atoms with Crippen LogP contribution in [-0.2, 0) is 13.6 Å². The molecular weight excluding hydrogens is 261 g/mol. The van der Waals surface area contributed by atoms with Crippen LogP contribution in [0.2, 0.25) is 0 Å². The molecule has 0 radical (unpaired) electrons. The van der Waals surface area contributed by atoms with Gasteiger partial charge in [0.25, 0.3) is 0 Å². The fourth-order valence-electron chi connectivity index (χ4n) is 1.61. The van der Waals surface area contributed by atoms with E-state index in [-0.39, 0.29) is 0 Å². The second kappa shape index (κ2) is 5.13. The average Bonchev–Trinajstić information content (AvgIpc) is 2.68. The minimum atomic E-state index is -3.29. The molecule has 1 aliphatic rings. The molecule has 0 bridgehead atoms. The predicted molar refractivity (Wildman–Crippen MR) is 68.0 cm³/mol. The Morgan fingerprint density at radius 3 is 2.82 bits per heavy atom. The highest BCUT2D eigenvalue weighted by Crippen LogP contribution is 2.60. The minimum Gasteiger partial charge on any atom is -0.411 e. The van der Waals surface area contributed by atoms with Gasteiger partial charge in [-0.05, 0) is 19.1 Å². The molecule has 1 aliphatic heterocycles. The first-order chi connectivity index (χ1) is 8.19. The summed E-state index contributed by atoms with van der Waals surface area (Å²) >= 11 is 5.60. The van der Waals surface area contributed by atoms with Gasteiger partial charge in [0, 0.05) is 11.2 Å². The summed E-state index contributed by atoms with van der Waals surface area (Å²) in [4.78, 5) is 0. The molecule has 0 saturated carbocycles. The third kappa shape index (κ3) is 2.49. The summed E-state index contributed by atoms with van der Waals surface area (Å²) in [5.74, 6) is 0.451. The fourth-order valence-corrected chi connectivity index (χ4v) is 3.54. The summed E-state index contributed by atoms with van der Waals surface area (Å²) in [6.45, 7) is 2.44. The van der Waals surface area contributed by atoms with Gasteiger partial charge in [-0.1, -0.05) is 29.8 Å². The Balaban J connectivity index is 2.34. The van der Waals surface area contributed by atoms with Crippen LogP contribution in [0, 0.1) is 0 Å². The number of hydrogen-bond acceptors (Lipinski definition) is 3.